The third-order valence-corrected chi connectivity index (χ3v) is 1.66. The van der Waals surface area contributed by atoms with Gasteiger partial charge in [-0.25, -0.2) is 0 Å². The van der Waals surface area contributed by atoms with Crippen molar-refractivity contribution < 1.29 is 40.6 Å². The summed E-state index contributed by atoms with van der Waals surface area (Å²) in [5.41, 5.74) is 0. The minimum atomic E-state index is 0. The van der Waals surface area contributed by atoms with Gasteiger partial charge in [-0.2, -0.15) is 0 Å². The Kier molecular flexibility index (Phi) is 5.48. The average molecular weight is 144 g/mol. The maximum Gasteiger partial charge on any atom is 1.00 e. The predicted molar refractivity (Wildman–Crippen MR) is 46.2 cm³/mol. The molecule has 0 aliphatic heterocycles. The van der Waals surface area contributed by atoms with Crippen molar-refractivity contribution in [3.8, 4) is 0 Å². The summed E-state index contributed by atoms with van der Waals surface area (Å²) in [6, 6.07) is 16.7. The van der Waals surface area contributed by atoms with Crippen LogP contribution in [0.4, 0.5) is 0 Å². The van der Waals surface area contributed by atoms with Crippen molar-refractivity contribution in [3.63, 3.8) is 0 Å². The number of fused-ring (bicyclic) bond motifs is 1. The number of hydrogen-bond acceptors (Lipinski definition) is 0. The van der Waals surface area contributed by atoms with Crippen LogP contribution >= 0.6 is 0 Å². The van der Waals surface area contributed by atoms with Crippen molar-refractivity contribution in [2.45, 2.75) is 0 Å². The van der Waals surface area contributed by atoms with Crippen LogP contribution in [0.15, 0.2) is 48.5 Å². The molecular weight excluding hydrogens is 134 g/mol. The zero-order chi connectivity index (χ0) is 6.81. The van der Waals surface area contributed by atoms with Crippen molar-refractivity contribution >= 4 is 10.8 Å². The summed E-state index contributed by atoms with van der Waals surface area (Å²) >= 11 is 0. The second-order valence-electron chi connectivity index (χ2n) is 2.35. The standard InChI is InChI=1S/C10H8.2Li.2H/c1-2-6-10-8-4-3-7-9(10)5-1;;;;/h1-8H;;;;/q;2*+1;2*-1. The monoisotopic (exact) mass is 144 g/mol. The normalized spacial score (nSPS) is 8.33. The molecule has 2 heteroatoms. The number of hydrogen-bond donors (Lipinski definition) is 0. The molecule has 2 rings (SSSR count). The molecule has 0 nitrogen and oxygen atoms in total. The zero-order valence-electron chi connectivity index (χ0n) is 9.62. The summed E-state index contributed by atoms with van der Waals surface area (Å²) in [7, 11) is 0. The van der Waals surface area contributed by atoms with Crippen LogP contribution in [0.1, 0.15) is 2.85 Å². The second-order valence-corrected chi connectivity index (χ2v) is 2.35. The Bertz CT molecular complexity index is 287. The maximum absolute atomic E-state index is 2.12. The molecule has 0 N–H and O–H groups in total. The van der Waals surface area contributed by atoms with Crippen molar-refractivity contribution in [1.29, 1.82) is 0 Å². The fourth-order valence-electron chi connectivity index (χ4n) is 1.13. The van der Waals surface area contributed by atoms with E-state index >= 15 is 0 Å². The molecule has 0 heterocycles. The molecule has 0 amide bonds. The summed E-state index contributed by atoms with van der Waals surface area (Å²) in [6.45, 7) is 0. The Balaban J connectivity index is -0.000000302. The SMILES string of the molecule is [H-].[H-].[Li+].[Li+].c1ccc2ccccc2c1. The van der Waals surface area contributed by atoms with Crippen LogP contribution in [0.5, 0.6) is 0 Å². The first-order valence-electron chi connectivity index (χ1n) is 3.40. The summed E-state index contributed by atoms with van der Waals surface area (Å²) in [4.78, 5) is 0. The van der Waals surface area contributed by atoms with Gasteiger partial charge < -0.3 is 2.85 Å². The van der Waals surface area contributed by atoms with Crippen molar-refractivity contribution in [3.05, 3.63) is 48.5 Å². The van der Waals surface area contributed by atoms with Crippen LogP contribution < -0.4 is 37.7 Å². The van der Waals surface area contributed by atoms with E-state index in [1.54, 1.807) is 0 Å². The van der Waals surface area contributed by atoms with Crippen LogP contribution in [-0.4, -0.2) is 0 Å². The van der Waals surface area contributed by atoms with Crippen molar-refractivity contribution in [1.82, 2.24) is 0 Å². The molecule has 0 atom stereocenters. The summed E-state index contributed by atoms with van der Waals surface area (Å²) < 4.78 is 0. The number of rotatable bonds is 0. The maximum atomic E-state index is 2.12. The molecule has 0 aromatic heterocycles. The Morgan fingerprint density at radius 2 is 0.833 bits per heavy atom. The first-order valence-corrected chi connectivity index (χ1v) is 3.40. The van der Waals surface area contributed by atoms with E-state index in [1.165, 1.54) is 10.8 Å². The van der Waals surface area contributed by atoms with Gasteiger partial charge >= 0.3 is 37.7 Å². The van der Waals surface area contributed by atoms with Crippen LogP contribution in [0.3, 0.4) is 0 Å². The zero-order valence-corrected chi connectivity index (χ0v) is 7.62. The molecule has 52 valence electrons. The molecule has 0 saturated heterocycles. The molecular formula is C10H10Li2. The molecule has 0 unspecified atom stereocenters. The van der Waals surface area contributed by atoms with E-state index < -0.39 is 0 Å². The smallest absolute Gasteiger partial charge is 1.00 e. The van der Waals surface area contributed by atoms with Gasteiger partial charge in [0, 0.05) is 0 Å². The van der Waals surface area contributed by atoms with Gasteiger partial charge in [-0.05, 0) is 10.8 Å². The molecule has 0 fully saturated rings. The molecule has 0 aliphatic rings. The molecule has 2 aromatic carbocycles. The summed E-state index contributed by atoms with van der Waals surface area (Å²) in [5, 5.41) is 2.62. The molecule has 0 aliphatic carbocycles. The van der Waals surface area contributed by atoms with E-state index in [1.807, 2.05) is 0 Å². The summed E-state index contributed by atoms with van der Waals surface area (Å²) in [6.07, 6.45) is 0. The van der Waals surface area contributed by atoms with Crippen molar-refractivity contribution in [2.75, 3.05) is 0 Å². The van der Waals surface area contributed by atoms with Gasteiger partial charge in [0.25, 0.3) is 0 Å². The van der Waals surface area contributed by atoms with Gasteiger partial charge in [-0.1, -0.05) is 48.5 Å². The molecule has 0 bridgehead atoms. The van der Waals surface area contributed by atoms with Gasteiger partial charge in [0.05, 0.1) is 0 Å². The largest absolute Gasteiger partial charge is 1.00 e. The number of benzene rings is 2. The molecule has 0 saturated carbocycles. The van der Waals surface area contributed by atoms with E-state index in [0.29, 0.717) is 0 Å². The molecule has 0 radical (unpaired) electrons. The molecule has 0 spiro atoms. The quantitative estimate of drug-likeness (QED) is 0.347. The van der Waals surface area contributed by atoms with E-state index in [4.69, 9.17) is 0 Å². The second kappa shape index (κ2) is 5.52. The van der Waals surface area contributed by atoms with Gasteiger partial charge in [0.2, 0.25) is 0 Å². The fourth-order valence-corrected chi connectivity index (χ4v) is 1.13. The summed E-state index contributed by atoms with van der Waals surface area (Å²) in [5.74, 6) is 0. The van der Waals surface area contributed by atoms with Crippen LogP contribution in [0.25, 0.3) is 10.8 Å². The van der Waals surface area contributed by atoms with Gasteiger partial charge in [-0.15, -0.1) is 0 Å². The topological polar surface area (TPSA) is 0 Å². The van der Waals surface area contributed by atoms with Gasteiger partial charge in [0.1, 0.15) is 0 Å². The Morgan fingerprint density at radius 3 is 1.08 bits per heavy atom. The van der Waals surface area contributed by atoms with E-state index in [2.05, 4.69) is 48.5 Å². The van der Waals surface area contributed by atoms with Gasteiger partial charge in [-0.3, -0.25) is 0 Å². The minimum absolute atomic E-state index is 0. The molecule has 2 aromatic rings. The van der Waals surface area contributed by atoms with E-state index in [-0.39, 0.29) is 40.6 Å². The van der Waals surface area contributed by atoms with Crippen LogP contribution in [0.2, 0.25) is 0 Å². The van der Waals surface area contributed by atoms with E-state index in [9.17, 15) is 0 Å². The third kappa shape index (κ3) is 2.44. The first-order chi connectivity index (χ1) is 4.97. The van der Waals surface area contributed by atoms with E-state index in [0.717, 1.165) is 0 Å². The third-order valence-electron chi connectivity index (χ3n) is 1.66. The molecule has 12 heavy (non-hydrogen) atoms. The fraction of sp³-hybridized carbons (Fsp3) is 0. The van der Waals surface area contributed by atoms with Crippen molar-refractivity contribution in [2.24, 2.45) is 0 Å². The van der Waals surface area contributed by atoms with Gasteiger partial charge in [0.15, 0.2) is 0 Å². The Hall–Kier alpha value is -0.105. The van der Waals surface area contributed by atoms with Crippen LogP contribution in [0, 0.1) is 0 Å². The average Bonchev–Trinajstić information content (AvgIpc) is 2.05. The van der Waals surface area contributed by atoms with Crippen LogP contribution in [-0.2, 0) is 0 Å². The first kappa shape index (κ1) is 11.9. The minimum Gasteiger partial charge on any atom is -1.00 e. The Morgan fingerprint density at radius 1 is 0.583 bits per heavy atom. The Labute approximate surface area is 99.7 Å². The predicted octanol–water partition coefficient (Wildman–Crippen LogP) is -2.93.